The number of alkyl halides is 6. The number of carbonyl (C=O) groups is 1. The van der Waals surface area contributed by atoms with Crippen molar-refractivity contribution >= 4 is 5.91 Å². The summed E-state index contributed by atoms with van der Waals surface area (Å²) in [5.41, 5.74) is -2.47. The Morgan fingerprint density at radius 2 is 1.67 bits per heavy atom. The highest BCUT2D eigenvalue weighted by Crippen LogP contribution is 2.37. The number of aromatic hydroxyl groups is 1. The van der Waals surface area contributed by atoms with Gasteiger partial charge in [-0.2, -0.15) is 26.3 Å². The Morgan fingerprint density at radius 1 is 1.00 bits per heavy atom. The molecule has 0 aliphatic carbocycles. The standard InChI is InChI=1S/C32H37F6N3O4/c1-21-6-7-23(13-29(21)42)12-27-17-39(8-4-5-9-40-18-28(20-44-3)45-19-22(40)2)10-11-41(27)30(43)24-14-25(31(33,34)35)16-26(15-24)32(36,37)38/h6-7,13-16,22,27-28,42H,8-12,17-20H2,1-3H3/t22-,27?,28-/m0/s1. The fourth-order valence-corrected chi connectivity index (χ4v) is 5.51. The molecule has 2 aromatic rings. The van der Waals surface area contributed by atoms with E-state index >= 15 is 0 Å². The minimum Gasteiger partial charge on any atom is -0.508 e. The third-order valence-corrected chi connectivity index (χ3v) is 8.10. The van der Waals surface area contributed by atoms with Crippen LogP contribution in [0.15, 0.2) is 36.4 Å². The molecular formula is C32H37F6N3O4. The summed E-state index contributed by atoms with van der Waals surface area (Å²) in [5.74, 6) is 5.47. The van der Waals surface area contributed by atoms with Crippen LogP contribution in [-0.2, 0) is 28.2 Å². The van der Waals surface area contributed by atoms with Crippen molar-refractivity contribution in [1.29, 1.82) is 0 Å². The van der Waals surface area contributed by atoms with Gasteiger partial charge in [0, 0.05) is 50.9 Å². The molecule has 2 aromatic carbocycles. The highest BCUT2D eigenvalue weighted by Gasteiger charge is 2.39. The number of phenolic OH excluding ortho intramolecular Hbond substituents is 1. The van der Waals surface area contributed by atoms with Gasteiger partial charge in [-0.3, -0.25) is 14.6 Å². The number of hydrogen-bond donors (Lipinski definition) is 1. The van der Waals surface area contributed by atoms with Crippen LogP contribution in [0, 0.1) is 18.8 Å². The second kappa shape index (κ2) is 14.4. The van der Waals surface area contributed by atoms with Gasteiger partial charge >= 0.3 is 12.4 Å². The van der Waals surface area contributed by atoms with Crippen LogP contribution in [-0.4, -0.2) is 103 Å². The molecule has 2 heterocycles. The third-order valence-electron chi connectivity index (χ3n) is 8.10. The van der Waals surface area contributed by atoms with Crippen LogP contribution in [0.4, 0.5) is 26.3 Å². The van der Waals surface area contributed by atoms with Crippen LogP contribution >= 0.6 is 0 Å². The number of ether oxygens (including phenoxy) is 2. The van der Waals surface area contributed by atoms with Crippen molar-refractivity contribution in [2.75, 3.05) is 59.6 Å². The SMILES string of the molecule is COC[C@@H]1CN(CC#CCN2CCN(C(=O)c3cc(C(F)(F)F)cc(C(F)(F)F)c3)C(Cc3ccc(C)c(O)c3)C2)[C@@H](C)CO1. The molecule has 0 bridgehead atoms. The number of morpholine rings is 1. The fourth-order valence-electron chi connectivity index (χ4n) is 5.51. The molecule has 4 rings (SSSR count). The van der Waals surface area contributed by atoms with Crippen LogP contribution < -0.4 is 0 Å². The summed E-state index contributed by atoms with van der Waals surface area (Å²) in [4.78, 5) is 19.1. The molecule has 13 heteroatoms. The Hall–Kier alpha value is -3.31. The van der Waals surface area contributed by atoms with Crippen molar-refractivity contribution in [2.24, 2.45) is 0 Å². The molecule has 2 aliphatic heterocycles. The van der Waals surface area contributed by atoms with E-state index in [2.05, 4.69) is 23.7 Å². The molecule has 1 unspecified atom stereocenters. The predicted octanol–water partition coefficient (Wildman–Crippen LogP) is 4.85. The smallest absolute Gasteiger partial charge is 0.416 e. The number of phenols is 1. The molecular weight excluding hydrogens is 604 g/mol. The minimum absolute atomic E-state index is 0.00927. The lowest BCUT2D eigenvalue weighted by Crippen LogP contribution is -2.56. The van der Waals surface area contributed by atoms with Crippen molar-refractivity contribution < 1.29 is 45.7 Å². The molecule has 45 heavy (non-hydrogen) atoms. The summed E-state index contributed by atoms with van der Waals surface area (Å²) in [6, 6.07) is 5.54. The monoisotopic (exact) mass is 641 g/mol. The molecule has 0 aromatic heterocycles. The van der Waals surface area contributed by atoms with E-state index in [1.54, 1.807) is 32.2 Å². The van der Waals surface area contributed by atoms with E-state index in [4.69, 9.17) is 9.47 Å². The van der Waals surface area contributed by atoms with E-state index in [9.17, 15) is 36.2 Å². The lowest BCUT2D eigenvalue weighted by molar-refractivity contribution is -0.143. The second-order valence-corrected chi connectivity index (χ2v) is 11.5. The van der Waals surface area contributed by atoms with Gasteiger partial charge in [-0.25, -0.2) is 0 Å². The Bertz CT molecular complexity index is 1370. The van der Waals surface area contributed by atoms with E-state index in [0.717, 1.165) is 0 Å². The number of halogens is 6. The fraction of sp³-hybridized carbons (Fsp3) is 0.531. The van der Waals surface area contributed by atoms with Gasteiger partial charge in [0.15, 0.2) is 0 Å². The molecule has 2 saturated heterocycles. The maximum atomic E-state index is 13.6. The van der Waals surface area contributed by atoms with Crippen molar-refractivity contribution in [1.82, 2.24) is 14.7 Å². The zero-order valence-electron chi connectivity index (χ0n) is 25.3. The van der Waals surface area contributed by atoms with Crippen LogP contribution in [0.5, 0.6) is 5.75 Å². The normalized spacial score (nSPS) is 21.8. The molecule has 0 saturated carbocycles. The van der Waals surface area contributed by atoms with Gasteiger partial charge in [0.2, 0.25) is 0 Å². The summed E-state index contributed by atoms with van der Waals surface area (Å²) in [6.45, 7) is 7.06. The molecule has 246 valence electrons. The number of hydrogen-bond acceptors (Lipinski definition) is 6. The number of piperazine rings is 1. The molecule has 3 atom stereocenters. The van der Waals surface area contributed by atoms with E-state index in [1.165, 1.54) is 4.90 Å². The maximum absolute atomic E-state index is 13.6. The van der Waals surface area contributed by atoms with Gasteiger partial charge in [0.05, 0.1) is 43.5 Å². The highest BCUT2D eigenvalue weighted by molar-refractivity contribution is 5.95. The average molecular weight is 642 g/mol. The van der Waals surface area contributed by atoms with Crippen LogP contribution in [0.25, 0.3) is 0 Å². The first kappa shape index (κ1) is 34.6. The quantitative estimate of drug-likeness (QED) is 0.345. The van der Waals surface area contributed by atoms with Crippen molar-refractivity contribution in [3.8, 4) is 17.6 Å². The molecule has 1 N–H and O–H groups in total. The average Bonchev–Trinajstić information content (AvgIpc) is 2.97. The molecule has 0 radical (unpaired) electrons. The molecule has 0 spiro atoms. The van der Waals surface area contributed by atoms with Gasteiger partial charge in [-0.05, 0) is 55.7 Å². The third kappa shape index (κ3) is 9.13. The summed E-state index contributed by atoms with van der Waals surface area (Å²) in [5, 5.41) is 10.2. The Balaban J connectivity index is 1.53. The first-order valence-corrected chi connectivity index (χ1v) is 14.6. The van der Waals surface area contributed by atoms with E-state index in [-0.39, 0.29) is 43.5 Å². The lowest BCUT2D eigenvalue weighted by Gasteiger charge is -2.41. The number of carbonyl (C=O) groups excluding carboxylic acids is 1. The number of benzene rings is 2. The number of nitrogens with zero attached hydrogens (tertiary/aromatic N) is 3. The number of rotatable bonds is 7. The van der Waals surface area contributed by atoms with Crippen LogP contribution in [0.1, 0.15) is 39.5 Å². The van der Waals surface area contributed by atoms with Gasteiger partial charge in [0.25, 0.3) is 5.91 Å². The number of aryl methyl sites for hydroxylation is 1. The van der Waals surface area contributed by atoms with Gasteiger partial charge < -0.3 is 19.5 Å². The minimum atomic E-state index is -5.07. The Kier molecular flexibility index (Phi) is 11.1. The van der Waals surface area contributed by atoms with Gasteiger partial charge in [-0.1, -0.05) is 24.0 Å². The van der Waals surface area contributed by atoms with E-state index in [0.29, 0.717) is 62.7 Å². The first-order valence-electron chi connectivity index (χ1n) is 14.6. The van der Waals surface area contributed by atoms with Crippen LogP contribution in [0.2, 0.25) is 0 Å². The van der Waals surface area contributed by atoms with E-state index < -0.39 is 41.0 Å². The van der Waals surface area contributed by atoms with Gasteiger partial charge in [0.1, 0.15) is 5.75 Å². The first-order chi connectivity index (χ1) is 21.2. The summed E-state index contributed by atoms with van der Waals surface area (Å²) >= 11 is 0. The molecule has 2 fully saturated rings. The van der Waals surface area contributed by atoms with Crippen LogP contribution in [0.3, 0.4) is 0 Å². The maximum Gasteiger partial charge on any atom is 0.416 e. The zero-order valence-corrected chi connectivity index (χ0v) is 25.3. The van der Waals surface area contributed by atoms with Crippen molar-refractivity contribution in [3.63, 3.8) is 0 Å². The predicted molar refractivity (Wildman–Crippen MR) is 155 cm³/mol. The Labute approximate surface area is 258 Å². The van der Waals surface area contributed by atoms with Crippen molar-refractivity contribution in [3.05, 3.63) is 64.2 Å². The highest BCUT2D eigenvalue weighted by atomic mass is 19.4. The van der Waals surface area contributed by atoms with E-state index in [1.807, 2.05) is 4.90 Å². The number of methoxy groups -OCH3 is 1. The largest absolute Gasteiger partial charge is 0.508 e. The molecule has 7 nitrogen and oxygen atoms in total. The zero-order chi connectivity index (χ0) is 32.9. The Morgan fingerprint density at radius 3 is 2.29 bits per heavy atom. The summed E-state index contributed by atoms with van der Waals surface area (Å²) in [7, 11) is 1.62. The number of amides is 1. The second-order valence-electron chi connectivity index (χ2n) is 11.5. The topological polar surface area (TPSA) is 65.5 Å². The van der Waals surface area contributed by atoms with Gasteiger partial charge in [-0.15, -0.1) is 0 Å². The summed E-state index contributed by atoms with van der Waals surface area (Å²) in [6.07, 6.45) is -9.96. The van der Waals surface area contributed by atoms with Crippen molar-refractivity contribution in [2.45, 2.75) is 50.8 Å². The molecule has 2 aliphatic rings. The summed E-state index contributed by atoms with van der Waals surface area (Å²) < 4.78 is 92.1. The lowest BCUT2D eigenvalue weighted by atomic mass is 9.98. The molecule has 1 amide bonds.